The number of para-hydroxylation sites is 2. The Morgan fingerprint density at radius 1 is 0.833 bits per heavy atom. The van der Waals surface area contributed by atoms with Crippen molar-refractivity contribution in [1.82, 2.24) is 19.5 Å². The Hall–Kier alpha value is -4.13. The molecule has 3 aromatic carbocycles. The van der Waals surface area contributed by atoms with Gasteiger partial charge in [-0.3, -0.25) is 14.7 Å². The van der Waals surface area contributed by atoms with E-state index in [0.717, 1.165) is 33.4 Å². The number of nitro benzene ring substituents is 1. The first-order valence-electron chi connectivity index (χ1n) is 9.48. The highest BCUT2D eigenvalue weighted by molar-refractivity contribution is 5.86. The molecule has 0 fully saturated rings. The SMILES string of the molecule is Cc1cc(C)cc(-n2c(-c3ccc([N+](=O)[O-])cc3)nc3nc4ccccc4nc32)c1. The number of imidazole rings is 1. The number of nitro groups is 1. The third-order valence-corrected chi connectivity index (χ3v) is 4.97. The monoisotopic (exact) mass is 395 g/mol. The van der Waals surface area contributed by atoms with Gasteiger partial charge in [-0.15, -0.1) is 0 Å². The molecule has 7 heteroatoms. The van der Waals surface area contributed by atoms with Crippen molar-refractivity contribution in [1.29, 1.82) is 0 Å². The van der Waals surface area contributed by atoms with Gasteiger partial charge in [-0.25, -0.2) is 15.0 Å². The number of hydrogen-bond donors (Lipinski definition) is 0. The summed E-state index contributed by atoms with van der Waals surface area (Å²) in [4.78, 5) is 24.9. The quantitative estimate of drug-likeness (QED) is 0.311. The maximum atomic E-state index is 11.1. The highest BCUT2D eigenvalue weighted by Crippen LogP contribution is 2.30. The van der Waals surface area contributed by atoms with Crippen LogP contribution in [-0.4, -0.2) is 24.4 Å². The van der Waals surface area contributed by atoms with Gasteiger partial charge in [-0.2, -0.15) is 0 Å². The van der Waals surface area contributed by atoms with Crippen molar-refractivity contribution in [2.24, 2.45) is 0 Å². The minimum absolute atomic E-state index is 0.0369. The lowest BCUT2D eigenvalue weighted by Crippen LogP contribution is -2.00. The number of nitrogens with zero attached hydrogens (tertiary/aromatic N) is 5. The first kappa shape index (κ1) is 17.9. The van der Waals surface area contributed by atoms with E-state index in [1.807, 2.05) is 42.7 Å². The zero-order valence-electron chi connectivity index (χ0n) is 16.4. The van der Waals surface area contributed by atoms with E-state index in [0.29, 0.717) is 17.1 Å². The van der Waals surface area contributed by atoms with Crippen LogP contribution in [0.4, 0.5) is 5.69 Å². The molecule has 7 nitrogen and oxygen atoms in total. The molecule has 0 saturated heterocycles. The highest BCUT2D eigenvalue weighted by Gasteiger charge is 2.18. The molecular formula is C23H17N5O2. The van der Waals surface area contributed by atoms with Crippen molar-refractivity contribution < 1.29 is 4.92 Å². The number of rotatable bonds is 3. The van der Waals surface area contributed by atoms with Crippen molar-refractivity contribution in [2.45, 2.75) is 13.8 Å². The van der Waals surface area contributed by atoms with E-state index in [1.165, 1.54) is 12.1 Å². The molecule has 0 aliphatic heterocycles. The molecule has 0 radical (unpaired) electrons. The number of fused-ring (bicyclic) bond motifs is 2. The molecule has 2 aromatic heterocycles. The molecule has 0 spiro atoms. The zero-order valence-corrected chi connectivity index (χ0v) is 16.4. The van der Waals surface area contributed by atoms with Crippen molar-refractivity contribution >= 4 is 28.0 Å². The second-order valence-electron chi connectivity index (χ2n) is 7.28. The predicted octanol–water partition coefficient (Wildman–Crippen LogP) is 5.16. The highest BCUT2D eigenvalue weighted by atomic mass is 16.6. The van der Waals surface area contributed by atoms with Crippen LogP contribution in [0.3, 0.4) is 0 Å². The first-order valence-corrected chi connectivity index (χ1v) is 9.48. The number of hydrogen-bond acceptors (Lipinski definition) is 5. The molecular weight excluding hydrogens is 378 g/mol. The lowest BCUT2D eigenvalue weighted by Gasteiger charge is -2.11. The Labute approximate surface area is 171 Å². The normalized spacial score (nSPS) is 11.3. The Kier molecular flexibility index (Phi) is 4.03. The van der Waals surface area contributed by atoms with Crippen LogP contribution in [-0.2, 0) is 0 Å². The Morgan fingerprint density at radius 2 is 1.47 bits per heavy atom. The summed E-state index contributed by atoms with van der Waals surface area (Å²) in [7, 11) is 0. The van der Waals surface area contributed by atoms with Crippen LogP contribution >= 0.6 is 0 Å². The van der Waals surface area contributed by atoms with Crippen LogP contribution < -0.4 is 0 Å². The summed E-state index contributed by atoms with van der Waals surface area (Å²) < 4.78 is 1.97. The number of aromatic nitrogens is 4. The second-order valence-corrected chi connectivity index (χ2v) is 7.28. The number of benzene rings is 3. The molecule has 2 heterocycles. The number of non-ortho nitro benzene ring substituents is 1. The van der Waals surface area contributed by atoms with Crippen LogP contribution in [0, 0.1) is 24.0 Å². The van der Waals surface area contributed by atoms with Gasteiger partial charge in [0.25, 0.3) is 5.69 Å². The average Bonchev–Trinajstić information content (AvgIpc) is 3.09. The van der Waals surface area contributed by atoms with E-state index < -0.39 is 4.92 Å². The summed E-state index contributed by atoms with van der Waals surface area (Å²) in [5.74, 6) is 0.639. The van der Waals surface area contributed by atoms with E-state index >= 15 is 0 Å². The summed E-state index contributed by atoms with van der Waals surface area (Å²) in [5.41, 5.74) is 6.68. The van der Waals surface area contributed by atoms with Crippen molar-refractivity contribution in [2.75, 3.05) is 0 Å². The molecule has 0 atom stereocenters. The zero-order chi connectivity index (χ0) is 20.8. The van der Waals surface area contributed by atoms with E-state index in [1.54, 1.807) is 12.1 Å². The third-order valence-electron chi connectivity index (χ3n) is 4.97. The summed E-state index contributed by atoms with van der Waals surface area (Å²) in [5, 5.41) is 11.1. The fourth-order valence-corrected chi connectivity index (χ4v) is 3.71. The van der Waals surface area contributed by atoms with E-state index in [9.17, 15) is 10.1 Å². The van der Waals surface area contributed by atoms with Crippen LogP contribution in [0.15, 0.2) is 66.7 Å². The topological polar surface area (TPSA) is 86.7 Å². The molecule has 0 N–H and O–H groups in total. The predicted molar refractivity (Wildman–Crippen MR) is 116 cm³/mol. The maximum Gasteiger partial charge on any atom is 0.269 e. The first-order chi connectivity index (χ1) is 14.5. The third kappa shape index (κ3) is 2.97. The molecule has 30 heavy (non-hydrogen) atoms. The van der Waals surface area contributed by atoms with E-state index in [-0.39, 0.29) is 5.69 Å². The van der Waals surface area contributed by atoms with E-state index in [4.69, 9.17) is 15.0 Å². The maximum absolute atomic E-state index is 11.1. The molecule has 0 aliphatic carbocycles. The molecule has 0 amide bonds. The molecule has 146 valence electrons. The smallest absolute Gasteiger partial charge is 0.269 e. The van der Waals surface area contributed by atoms with Crippen molar-refractivity contribution in [3.05, 3.63) is 88.0 Å². The van der Waals surface area contributed by atoms with Gasteiger partial charge in [0, 0.05) is 23.4 Å². The summed E-state index contributed by atoms with van der Waals surface area (Å²) in [6, 6.07) is 20.3. The van der Waals surface area contributed by atoms with Crippen LogP contribution in [0.5, 0.6) is 0 Å². The Morgan fingerprint density at radius 3 is 2.10 bits per heavy atom. The molecule has 0 bridgehead atoms. The Balaban J connectivity index is 1.84. The fourth-order valence-electron chi connectivity index (χ4n) is 3.71. The average molecular weight is 395 g/mol. The van der Waals surface area contributed by atoms with Gasteiger partial charge in [-0.05, 0) is 61.4 Å². The van der Waals surface area contributed by atoms with Crippen molar-refractivity contribution in [3.63, 3.8) is 0 Å². The van der Waals surface area contributed by atoms with Gasteiger partial charge in [-0.1, -0.05) is 18.2 Å². The van der Waals surface area contributed by atoms with Crippen molar-refractivity contribution in [3.8, 4) is 17.1 Å². The van der Waals surface area contributed by atoms with Crippen LogP contribution in [0.25, 0.3) is 39.4 Å². The lowest BCUT2D eigenvalue weighted by molar-refractivity contribution is -0.384. The molecule has 0 aliphatic rings. The second kappa shape index (κ2) is 6.73. The molecule has 0 saturated carbocycles. The van der Waals surface area contributed by atoms with Gasteiger partial charge in [0.15, 0.2) is 11.3 Å². The molecule has 0 unspecified atom stereocenters. The minimum Gasteiger partial charge on any atom is -0.275 e. The lowest BCUT2D eigenvalue weighted by atomic mass is 10.1. The molecule has 5 rings (SSSR count). The number of aryl methyl sites for hydroxylation is 2. The van der Waals surface area contributed by atoms with Gasteiger partial charge >= 0.3 is 0 Å². The van der Waals surface area contributed by atoms with Gasteiger partial charge in [0.05, 0.1) is 16.0 Å². The summed E-state index contributed by atoms with van der Waals surface area (Å²) in [6.45, 7) is 4.09. The fraction of sp³-hybridized carbons (Fsp3) is 0.0870. The minimum atomic E-state index is -0.410. The molecule has 5 aromatic rings. The van der Waals surface area contributed by atoms with Crippen LogP contribution in [0.1, 0.15) is 11.1 Å². The largest absolute Gasteiger partial charge is 0.275 e. The van der Waals surface area contributed by atoms with E-state index in [2.05, 4.69) is 18.2 Å². The summed E-state index contributed by atoms with van der Waals surface area (Å²) in [6.07, 6.45) is 0. The van der Waals surface area contributed by atoms with Gasteiger partial charge in [0.2, 0.25) is 0 Å². The standard InChI is InChI=1S/C23H17N5O2/c1-14-11-15(2)13-18(12-14)27-22(16-7-9-17(10-8-16)28(29)30)26-21-23(27)25-20-6-4-3-5-19(20)24-21/h3-13H,1-2H3. The van der Waals surface area contributed by atoms with Gasteiger partial charge in [0.1, 0.15) is 5.82 Å². The van der Waals surface area contributed by atoms with Gasteiger partial charge < -0.3 is 0 Å². The van der Waals surface area contributed by atoms with Crippen LogP contribution in [0.2, 0.25) is 0 Å². The Bertz CT molecular complexity index is 1420. The summed E-state index contributed by atoms with van der Waals surface area (Å²) >= 11 is 0.